The summed E-state index contributed by atoms with van der Waals surface area (Å²) in [6.07, 6.45) is -1.47. The Hall–Kier alpha value is -2.30. The smallest absolute Gasteiger partial charge is 0.309 e. The second kappa shape index (κ2) is 13.5. The van der Waals surface area contributed by atoms with E-state index in [9.17, 15) is 24.9 Å². The number of aromatic nitrogens is 1. The number of ketones is 1. The van der Waals surface area contributed by atoms with E-state index in [4.69, 9.17) is 10.3 Å². The standard InChI is InChI=1S/C26H40N4O6S/c1-14-8-7-9-19(29-30-27)20(31)11-21(15(2)10-18-13-37-17(4)28-18)36-23(33)12-22(32)26(5,6)25(35)16(3)24(14)34/h10,13-14,16,19-22,24,31-32,34H,7-9,11-12H2,1-6H3/t14-,16+,19+,20+,21-,22+,24-/m1/s1. The topological polar surface area (TPSA) is 166 Å². The summed E-state index contributed by atoms with van der Waals surface area (Å²) >= 11 is 1.48. The molecule has 0 saturated carbocycles. The summed E-state index contributed by atoms with van der Waals surface area (Å²) in [5, 5.41) is 39.1. The zero-order valence-electron chi connectivity index (χ0n) is 22.5. The number of hydrogen-bond acceptors (Lipinski definition) is 9. The van der Waals surface area contributed by atoms with Crippen LogP contribution in [-0.2, 0) is 14.3 Å². The van der Waals surface area contributed by atoms with Gasteiger partial charge in [0, 0.05) is 22.6 Å². The molecule has 1 saturated heterocycles. The van der Waals surface area contributed by atoms with Gasteiger partial charge in [-0.25, -0.2) is 4.98 Å². The number of carbonyl (C=O) groups excluding carboxylic acids is 2. The van der Waals surface area contributed by atoms with E-state index in [1.807, 2.05) is 19.2 Å². The number of aliphatic hydroxyl groups excluding tert-OH is 3. The molecule has 7 atom stereocenters. The van der Waals surface area contributed by atoms with Gasteiger partial charge in [0.2, 0.25) is 0 Å². The van der Waals surface area contributed by atoms with E-state index in [0.717, 1.165) is 5.01 Å². The number of aliphatic hydroxyl groups is 3. The number of Topliss-reactive ketones (excluding diaryl/α,β-unsaturated/α-hetero) is 1. The molecule has 0 aliphatic carbocycles. The molecule has 206 valence electrons. The van der Waals surface area contributed by atoms with E-state index < -0.39 is 54.2 Å². The molecule has 37 heavy (non-hydrogen) atoms. The number of azide groups is 1. The van der Waals surface area contributed by atoms with Crippen molar-refractivity contribution in [3.63, 3.8) is 0 Å². The lowest BCUT2D eigenvalue weighted by atomic mass is 9.73. The number of carbonyl (C=O) groups is 2. The van der Waals surface area contributed by atoms with Gasteiger partial charge in [-0.3, -0.25) is 9.59 Å². The zero-order valence-corrected chi connectivity index (χ0v) is 23.3. The van der Waals surface area contributed by atoms with Crippen molar-refractivity contribution in [1.29, 1.82) is 0 Å². The first kappa shape index (κ1) is 30.9. The molecular formula is C26H40N4O6S. The maximum Gasteiger partial charge on any atom is 0.309 e. The first-order valence-electron chi connectivity index (χ1n) is 12.7. The molecular weight excluding hydrogens is 496 g/mol. The molecule has 11 heteroatoms. The first-order chi connectivity index (χ1) is 17.3. The number of thiazole rings is 1. The Morgan fingerprint density at radius 2 is 1.95 bits per heavy atom. The molecule has 0 bridgehead atoms. The Kier molecular flexibility index (Phi) is 11.3. The second-order valence-corrected chi connectivity index (χ2v) is 11.8. The van der Waals surface area contributed by atoms with Gasteiger partial charge in [-0.05, 0) is 49.8 Å². The van der Waals surface area contributed by atoms with Gasteiger partial charge in [0.1, 0.15) is 11.9 Å². The molecule has 0 aromatic carbocycles. The third kappa shape index (κ3) is 8.35. The fourth-order valence-corrected chi connectivity index (χ4v) is 5.28. The van der Waals surface area contributed by atoms with Crippen molar-refractivity contribution in [1.82, 2.24) is 4.98 Å². The predicted molar refractivity (Wildman–Crippen MR) is 142 cm³/mol. The lowest BCUT2D eigenvalue weighted by Crippen LogP contribution is -2.46. The highest BCUT2D eigenvalue weighted by Crippen LogP contribution is 2.33. The van der Waals surface area contributed by atoms with Crippen LogP contribution in [0, 0.1) is 24.2 Å². The third-order valence-electron chi connectivity index (χ3n) is 7.39. The van der Waals surface area contributed by atoms with Crippen molar-refractivity contribution in [2.75, 3.05) is 0 Å². The normalized spacial score (nSPS) is 32.9. The van der Waals surface area contributed by atoms with Crippen LogP contribution >= 0.6 is 11.3 Å². The molecule has 1 aliphatic rings. The van der Waals surface area contributed by atoms with E-state index in [-0.39, 0.29) is 18.1 Å². The summed E-state index contributed by atoms with van der Waals surface area (Å²) in [7, 11) is 0. The van der Waals surface area contributed by atoms with Crippen molar-refractivity contribution in [3.05, 3.63) is 32.1 Å². The number of hydrogen-bond donors (Lipinski definition) is 3. The highest BCUT2D eigenvalue weighted by atomic mass is 32.1. The van der Waals surface area contributed by atoms with Crippen molar-refractivity contribution in [2.45, 2.75) is 104 Å². The molecule has 10 nitrogen and oxygen atoms in total. The lowest BCUT2D eigenvalue weighted by molar-refractivity contribution is -0.155. The highest BCUT2D eigenvalue weighted by molar-refractivity contribution is 7.09. The van der Waals surface area contributed by atoms with Gasteiger partial charge in [-0.1, -0.05) is 39.2 Å². The van der Waals surface area contributed by atoms with Crippen LogP contribution in [0.25, 0.3) is 16.5 Å². The number of ether oxygens (including phenoxy) is 1. The van der Waals surface area contributed by atoms with Crippen LogP contribution in [0.1, 0.15) is 77.4 Å². The minimum Gasteiger partial charge on any atom is -0.458 e. The van der Waals surface area contributed by atoms with E-state index in [0.29, 0.717) is 30.5 Å². The maximum atomic E-state index is 13.2. The van der Waals surface area contributed by atoms with Gasteiger partial charge in [0.25, 0.3) is 0 Å². The summed E-state index contributed by atoms with van der Waals surface area (Å²) < 4.78 is 5.71. The fourth-order valence-electron chi connectivity index (χ4n) is 4.71. The van der Waals surface area contributed by atoms with Crippen LogP contribution in [0.2, 0.25) is 0 Å². The zero-order chi connectivity index (χ0) is 27.9. The molecule has 1 aromatic rings. The predicted octanol–water partition coefficient (Wildman–Crippen LogP) is 4.36. The Morgan fingerprint density at radius 1 is 1.27 bits per heavy atom. The van der Waals surface area contributed by atoms with Crippen LogP contribution in [0.5, 0.6) is 0 Å². The second-order valence-electron chi connectivity index (χ2n) is 10.7. The van der Waals surface area contributed by atoms with Crippen molar-refractivity contribution >= 4 is 29.2 Å². The minimum atomic E-state index is -1.34. The summed E-state index contributed by atoms with van der Waals surface area (Å²) in [6, 6.07) is -0.763. The molecule has 0 unspecified atom stereocenters. The molecule has 1 fully saturated rings. The van der Waals surface area contributed by atoms with Gasteiger partial charge in [-0.2, -0.15) is 0 Å². The molecule has 2 heterocycles. The maximum absolute atomic E-state index is 13.2. The molecule has 1 aromatic heterocycles. The summed E-state index contributed by atoms with van der Waals surface area (Å²) in [5.74, 6) is -2.08. The highest BCUT2D eigenvalue weighted by Gasteiger charge is 2.42. The Balaban J connectivity index is 2.41. The average Bonchev–Trinajstić information content (AvgIpc) is 3.24. The van der Waals surface area contributed by atoms with Crippen molar-refractivity contribution < 1.29 is 29.6 Å². The molecule has 0 radical (unpaired) electrons. The Labute approximate surface area is 222 Å². The average molecular weight is 537 g/mol. The van der Waals surface area contributed by atoms with Gasteiger partial charge < -0.3 is 20.1 Å². The number of cyclic esters (lactones) is 1. The van der Waals surface area contributed by atoms with Crippen LogP contribution in [0.4, 0.5) is 0 Å². The number of aryl methyl sites for hydroxylation is 1. The molecule has 0 spiro atoms. The van der Waals surface area contributed by atoms with Gasteiger partial charge >= 0.3 is 5.97 Å². The molecule has 2 rings (SSSR count). The van der Waals surface area contributed by atoms with E-state index >= 15 is 0 Å². The van der Waals surface area contributed by atoms with E-state index in [2.05, 4.69) is 15.0 Å². The van der Waals surface area contributed by atoms with Crippen molar-refractivity contribution in [3.8, 4) is 0 Å². The quantitative estimate of drug-likeness (QED) is 0.223. The Morgan fingerprint density at radius 3 is 2.54 bits per heavy atom. The molecule has 3 N–H and O–H groups in total. The number of rotatable bonds is 3. The van der Waals surface area contributed by atoms with E-state index in [1.165, 1.54) is 11.3 Å². The minimum absolute atomic E-state index is 0.0193. The van der Waals surface area contributed by atoms with Gasteiger partial charge in [0.05, 0.1) is 46.9 Å². The fraction of sp³-hybridized carbons (Fsp3) is 0.731. The monoisotopic (exact) mass is 536 g/mol. The van der Waals surface area contributed by atoms with Gasteiger partial charge in [0.15, 0.2) is 0 Å². The third-order valence-corrected chi connectivity index (χ3v) is 8.18. The van der Waals surface area contributed by atoms with Crippen LogP contribution in [0.3, 0.4) is 0 Å². The van der Waals surface area contributed by atoms with Crippen LogP contribution in [-0.4, -0.2) is 62.5 Å². The lowest BCUT2D eigenvalue weighted by Gasteiger charge is -2.35. The van der Waals surface area contributed by atoms with Crippen molar-refractivity contribution in [2.24, 2.45) is 22.4 Å². The summed E-state index contributed by atoms with van der Waals surface area (Å²) in [6.45, 7) is 10.2. The first-order valence-corrected chi connectivity index (χ1v) is 13.6. The summed E-state index contributed by atoms with van der Waals surface area (Å²) in [5.41, 5.74) is 9.10. The van der Waals surface area contributed by atoms with Gasteiger partial charge in [-0.15, -0.1) is 11.3 Å². The van der Waals surface area contributed by atoms with Crippen LogP contribution < -0.4 is 0 Å². The molecule has 0 amide bonds. The Bertz CT molecular complexity index is 1020. The largest absolute Gasteiger partial charge is 0.458 e. The number of nitrogens with zero attached hydrogens (tertiary/aromatic N) is 4. The molecule has 1 aliphatic heterocycles. The van der Waals surface area contributed by atoms with Crippen LogP contribution in [0.15, 0.2) is 16.1 Å². The van der Waals surface area contributed by atoms with E-state index in [1.54, 1.807) is 33.8 Å². The number of esters is 1. The summed E-state index contributed by atoms with van der Waals surface area (Å²) in [4.78, 5) is 33.4. The SMILES string of the molecule is CC(=Cc1csc(C)n1)[C@H]1C[C@H](O)[C@@H](N=[N+]=[N-])CCC[C@@H](C)[C@@H](O)[C@H](C)C(=O)C(C)(C)[C@@H](O)CC(=O)O1.